The second-order valence-electron chi connectivity index (χ2n) is 4.13. The fraction of sp³-hybridized carbons (Fsp3) is 0. The summed E-state index contributed by atoms with van der Waals surface area (Å²) < 4.78 is 12.8. The summed E-state index contributed by atoms with van der Waals surface area (Å²) in [7, 11) is 0. The maximum atomic E-state index is 11.7. The van der Waals surface area contributed by atoms with Crippen molar-refractivity contribution in [3.8, 4) is 0 Å². The van der Waals surface area contributed by atoms with Gasteiger partial charge in [0.15, 0.2) is 11.0 Å². The molecule has 3 aromatic rings. The van der Waals surface area contributed by atoms with E-state index in [1.807, 2.05) is 12.1 Å². The van der Waals surface area contributed by atoms with Gasteiger partial charge in [0, 0.05) is 0 Å². The van der Waals surface area contributed by atoms with E-state index < -0.39 is 0 Å². The highest BCUT2D eigenvalue weighted by molar-refractivity contribution is 9.11. The lowest BCUT2D eigenvalue weighted by Crippen LogP contribution is -1.88. The van der Waals surface area contributed by atoms with E-state index in [-0.39, 0.29) is 5.43 Å². The summed E-state index contributed by atoms with van der Waals surface area (Å²) in [6.45, 7) is 0. The molecule has 0 aromatic carbocycles. The lowest BCUT2D eigenvalue weighted by atomic mass is 10.4. The minimum atomic E-state index is -0.136. The molecule has 0 aliphatic rings. The number of furan rings is 2. The molecule has 4 bridgehead atoms. The quantitative estimate of drug-likeness (QED) is 0.526. The highest BCUT2D eigenvalue weighted by Gasteiger charge is 2.03. The summed E-state index contributed by atoms with van der Waals surface area (Å²) in [6.07, 6.45) is 0. The van der Waals surface area contributed by atoms with Crippen molar-refractivity contribution >= 4 is 54.2 Å². The highest BCUT2D eigenvalue weighted by atomic mass is 79.9. The molecule has 0 unspecified atom stereocenters. The first-order chi connectivity index (χ1) is 9.61. The van der Waals surface area contributed by atoms with Crippen molar-refractivity contribution in [2.45, 2.75) is 0 Å². The predicted molar refractivity (Wildman–Crippen MR) is 85.3 cm³/mol. The van der Waals surface area contributed by atoms with Crippen LogP contribution in [0.25, 0.3) is 22.3 Å². The highest BCUT2D eigenvalue weighted by Crippen LogP contribution is 2.29. The predicted octanol–water partition coefficient (Wildman–Crippen LogP) is 5.19. The minimum absolute atomic E-state index is 0.136. The van der Waals surface area contributed by atoms with Crippen LogP contribution in [-0.2, 0) is 0 Å². The lowest BCUT2D eigenvalue weighted by Gasteiger charge is -1.86. The van der Waals surface area contributed by atoms with Gasteiger partial charge in [0.2, 0.25) is 0 Å². The van der Waals surface area contributed by atoms with Gasteiger partial charge in [0.25, 0.3) is 0 Å². The van der Waals surface area contributed by atoms with E-state index in [1.165, 1.54) is 12.1 Å². The van der Waals surface area contributed by atoms with Crippen molar-refractivity contribution in [3.63, 3.8) is 0 Å². The topological polar surface area (TPSA) is 43.4 Å². The molecule has 3 nitrogen and oxygen atoms in total. The van der Waals surface area contributed by atoms with Gasteiger partial charge in [-0.3, -0.25) is 4.79 Å². The Hall–Kier alpha value is -1.59. The summed E-state index contributed by atoms with van der Waals surface area (Å²) in [5.41, 5.74) is 2.39. The first-order valence-electron chi connectivity index (χ1n) is 5.79. The Morgan fingerprint density at radius 2 is 1.20 bits per heavy atom. The monoisotopic (exact) mass is 394 g/mol. The summed E-state index contributed by atoms with van der Waals surface area (Å²) in [5.74, 6) is 0. The van der Waals surface area contributed by atoms with Crippen molar-refractivity contribution in [1.29, 1.82) is 0 Å². The second-order valence-corrected chi connectivity index (χ2v) is 5.84. The standard InChI is InChI=1S/C15H8Br2O3/c16-13-7-11-6-5-10(19-11)3-1-9(18)2-4-12-8-14(17)15(13)20-12/h1-8H. The molecule has 0 atom stereocenters. The van der Waals surface area contributed by atoms with E-state index in [1.54, 1.807) is 24.3 Å². The van der Waals surface area contributed by atoms with Crippen molar-refractivity contribution in [2.24, 2.45) is 0 Å². The number of halogens is 2. The van der Waals surface area contributed by atoms with Gasteiger partial charge in [-0.15, -0.1) is 0 Å². The number of hydrogen-bond donors (Lipinski definition) is 0. The molecule has 0 amide bonds. The second kappa shape index (κ2) is 5.42. The Balaban J connectivity index is 2.48. The molecule has 20 heavy (non-hydrogen) atoms. The zero-order valence-corrected chi connectivity index (χ0v) is 13.3. The van der Waals surface area contributed by atoms with Gasteiger partial charge in [-0.25, -0.2) is 0 Å². The average molecular weight is 396 g/mol. The molecule has 5 heteroatoms. The van der Waals surface area contributed by atoms with Gasteiger partial charge in [-0.2, -0.15) is 0 Å². The van der Waals surface area contributed by atoms with Crippen molar-refractivity contribution in [2.75, 3.05) is 0 Å². The van der Waals surface area contributed by atoms with E-state index in [2.05, 4.69) is 31.9 Å². The molecule has 0 fully saturated rings. The molecule has 0 N–H and O–H groups in total. The molecule has 3 aromatic heterocycles. The molecular weight excluding hydrogens is 388 g/mol. The van der Waals surface area contributed by atoms with Gasteiger partial charge in [0.1, 0.15) is 16.7 Å². The van der Waals surface area contributed by atoms with Crippen LogP contribution in [0.4, 0.5) is 0 Å². The smallest absolute Gasteiger partial charge is 0.178 e. The summed E-state index contributed by atoms with van der Waals surface area (Å²) in [5, 5.41) is 0. The van der Waals surface area contributed by atoms with Gasteiger partial charge in [0.05, 0.1) is 8.95 Å². The van der Waals surface area contributed by atoms with Crippen LogP contribution >= 0.6 is 31.9 Å². The van der Waals surface area contributed by atoms with Gasteiger partial charge >= 0.3 is 0 Å². The van der Waals surface area contributed by atoms with Crippen LogP contribution in [0.5, 0.6) is 0 Å². The van der Waals surface area contributed by atoms with E-state index in [4.69, 9.17) is 8.83 Å². The van der Waals surface area contributed by atoms with Gasteiger partial charge in [-0.05, 0) is 80.4 Å². The Morgan fingerprint density at radius 3 is 1.90 bits per heavy atom. The molecule has 0 saturated heterocycles. The third-order valence-corrected chi connectivity index (χ3v) is 3.84. The third-order valence-electron chi connectivity index (χ3n) is 2.66. The average Bonchev–Trinajstić information content (AvgIpc) is 3.00. The van der Waals surface area contributed by atoms with Crippen LogP contribution in [0.1, 0.15) is 0 Å². The fourth-order valence-electron chi connectivity index (χ4n) is 1.74. The molecule has 100 valence electrons. The molecule has 3 rings (SSSR count). The maximum absolute atomic E-state index is 11.7. The van der Waals surface area contributed by atoms with Crippen molar-refractivity contribution in [1.82, 2.24) is 0 Å². The molecule has 0 saturated carbocycles. The zero-order chi connectivity index (χ0) is 14.1. The Labute approximate surface area is 130 Å². The Morgan fingerprint density at radius 1 is 0.700 bits per heavy atom. The van der Waals surface area contributed by atoms with Crippen LogP contribution in [0.3, 0.4) is 0 Å². The minimum Gasteiger partial charge on any atom is -0.457 e. The maximum Gasteiger partial charge on any atom is 0.178 e. The van der Waals surface area contributed by atoms with E-state index in [0.717, 1.165) is 8.95 Å². The first-order valence-corrected chi connectivity index (χ1v) is 7.37. The van der Waals surface area contributed by atoms with Crippen molar-refractivity contribution < 1.29 is 8.83 Å². The number of fused-ring (bicyclic) bond motifs is 4. The molecule has 3 heterocycles. The van der Waals surface area contributed by atoms with Crippen LogP contribution < -0.4 is 5.43 Å². The molecule has 0 aliphatic carbocycles. The molecular formula is C15H8Br2O3. The normalized spacial score (nSPS) is 10.7. The van der Waals surface area contributed by atoms with Crippen LogP contribution in [-0.4, -0.2) is 0 Å². The third kappa shape index (κ3) is 2.78. The van der Waals surface area contributed by atoms with E-state index in [9.17, 15) is 4.79 Å². The SMILES string of the molecule is O=c1ccc2ccc(cc(Br)c3oc(cc1)cc3Br)o2. The number of rotatable bonds is 0. The van der Waals surface area contributed by atoms with Crippen molar-refractivity contribution in [3.05, 3.63) is 67.7 Å². The van der Waals surface area contributed by atoms with Crippen LogP contribution in [0.2, 0.25) is 0 Å². The van der Waals surface area contributed by atoms with Crippen LogP contribution in [0.15, 0.2) is 71.1 Å². The van der Waals surface area contributed by atoms with E-state index in [0.29, 0.717) is 22.3 Å². The summed E-state index contributed by atoms with van der Waals surface area (Å²) in [4.78, 5) is 11.7. The first kappa shape index (κ1) is 13.4. The summed E-state index contributed by atoms with van der Waals surface area (Å²) in [6, 6.07) is 13.4. The summed E-state index contributed by atoms with van der Waals surface area (Å²) >= 11 is 6.89. The van der Waals surface area contributed by atoms with Gasteiger partial charge in [-0.1, -0.05) is 0 Å². The molecule has 0 aliphatic heterocycles. The van der Waals surface area contributed by atoms with Gasteiger partial charge < -0.3 is 8.83 Å². The Kier molecular flexibility index (Phi) is 3.63. The van der Waals surface area contributed by atoms with Crippen LogP contribution in [0, 0.1) is 0 Å². The fourth-order valence-corrected chi connectivity index (χ4v) is 3.05. The molecule has 0 radical (unpaired) electrons. The van der Waals surface area contributed by atoms with E-state index >= 15 is 0 Å². The zero-order valence-electron chi connectivity index (χ0n) is 10.1. The number of hydrogen-bond acceptors (Lipinski definition) is 3. The lowest BCUT2D eigenvalue weighted by molar-refractivity contribution is 0.658. The largest absolute Gasteiger partial charge is 0.457 e. The molecule has 0 spiro atoms. The Bertz CT molecular complexity index is 908.